The van der Waals surface area contributed by atoms with E-state index in [2.05, 4.69) is 20.9 Å². The Morgan fingerprint density at radius 1 is 1.33 bits per heavy atom. The van der Waals surface area contributed by atoms with Crippen molar-refractivity contribution in [3.8, 4) is 11.1 Å². The Balaban J connectivity index is 2.84. The summed E-state index contributed by atoms with van der Waals surface area (Å²) in [6, 6.07) is 7.26. The van der Waals surface area contributed by atoms with E-state index in [9.17, 15) is 9.59 Å². The highest BCUT2D eigenvalue weighted by Gasteiger charge is 2.25. The summed E-state index contributed by atoms with van der Waals surface area (Å²) in [5.74, 6) is 0. The van der Waals surface area contributed by atoms with Crippen molar-refractivity contribution >= 4 is 27.5 Å². The fourth-order valence-corrected chi connectivity index (χ4v) is 2.78. The first-order valence-electron chi connectivity index (χ1n) is 6.59. The summed E-state index contributed by atoms with van der Waals surface area (Å²) in [5.41, 5.74) is -0.490. The predicted octanol–water partition coefficient (Wildman–Crippen LogP) is 3.76. The molecule has 21 heavy (non-hydrogen) atoms. The third kappa shape index (κ3) is 2.99. The standard InChI is InChI=1S/C15H16BrClN2O2/c1-4-15(2,3)19-13(20)11(12(17)18-14(19)21)9-6-5-7-10(16)8-9/h5-8H,4H2,1-3H3,(H,18,21). The molecular formula is C15H16BrClN2O2. The normalized spacial score (nSPS) is 11.7. The minimum absolute atomic E-state index is 0.0613. The van der Waals surface area contributed by atoms with Crippen LogP contribution in [0.25, 0.3) is 11.1 Å². The SMILES string of the molecule is CCC(C)(C)n1c(=O)[nH]c(Cl)c(-c2cccc(Br)c2)c1=O. The molecular weight excluding hydrogens is 356 g/mol. The Morgan fingerprint density at radius 3 is 2.57 bits per heavy atom. The highest BCUT2D eigenvalue weighted by Crippen LogP contribution is 2.25. The lowest BCUT2D eigenvalue weighted by Gasteiger charge is -2.25. The van der Waals surface area contributed by atoms with Gasteiger partial charge in [-0.25, -0.2) is 4.79 Å². The second-order valence-electron chi connectivity index (χ2n) is 5.44. The Kier molecular flexibility index (Phi) is 4.44. The van der Waals surface area contributed by atoms with Crippen molar-refractivity contribution in [2.24, 2.45) is 0 Å². The first kappa shape index (κ1) is 16.0. The van der Waals surface area contributed by atoms with Gasteiger partial charge in [0.15, 0.2) is 0 Å². The monoisotopic (exact) mass is 370 g/mol. The van der Waals surface area contributed by atoms with Crippen LogP contribution < -0.4 is 11.2 Å². The summed E-state index contributed by atoms with van der Waals surface area (Å²) in [7, 11) is 0. The van der Waals surface area contributed by atoms with Crippen molar-refractivity contribution in [1.29, 1.82) is 0 Å². The van der Waals surface area contributed by atoms with Crippen molar-refractivity contribution in [3.63, 3.8) is 0 Å². The summed E-state index contributed by atoms with van der Waals surface area (Å²) in [6.45, 7) is 5.63. The number of rotatable bonds is 3. The van der Waals surface area contributed by atoms with Gasteiger partial charge in [0.05, 0.1) is 5.56 Å². The van der Waals surface area contributed by atoms with E-state index in [-0.39, 0.29) is 10.7 Å². The summed E-state index contributed by atoms with van der Waals surface area (Å²) in [4.78, 5) is 27.5. The van der Waals surface area contributed by atoms with Crippen LogP contribution in [-0.4, -0.2) is 9.55 Å². The number of H-pyrrole nitrogens is 1. The summed E-state index contributed by atoms with van der Waals surface area (Å²) in [6.07, 6.45) is 0.648. The molecule has 0 fully saturated rings. The van der Waals surface area contributed by atoms with Crippen LogP contribution in [0.1, 0.15) is 27.2 Å². The third-order valence-electron chi connectivity index (χ3n) is 3.64. The van der Waals surface area contributed by atoms with Crippen molar-refractivity contribution in [1.82, 2.24) is 9.55 Å². The number of nitrogens with zero attached hydrogens (tertiary/aromatic N) is 1. The minimum Gasteiger partial charge on any atom is -0.297 e. The van der Waals surface area contributed by atoms with Gasteiger partial charge in [-0.1, -0.05) is 46.6 Å². The fraction of sp³-hybridized carbons (Fsp3) is 0.333. The second kappa shape index (κ2) is 5.81. The zero-order valence-corrected chi connectivity index (χ0v) is 14.4. The average molecular weight is 372 g/mol. The lowest BCUT2D eigenvalue weighted by atomic mass is 10.0. The van der Waals surface area contributed by atoms with Crippen LogP contribution >= 0.6 is 27.5 Å². The zero-order valence-electron chi connectivity index (χ0n) is 12.0. The molecule has 6 heteroatoms. The number of halogens is 2. The van der Waals surface area contributed by atoms with Gasteiger partial charge >= 0.3 is 5.69 Å². The van der Waals surface area contributed by atoms with Gasteiger partial charge in [-0.05, 0) is 38.0 Å². The largest absolute Gasteiger partial charge is 0.330 e. The summed E-state index contributed by atoms with van der Waals surface area (Å²) >= 11 is 9.47. The molecule has 1 aromatic heterocycles. The molecule has 1 N–H and O–H groups in total. The fourth-order valence-electron chi connectivity index (χ4n) is 2.11. The Morgan fingerprint density at radius 2 is 2.00 bits per heavy atom. The van der Waals surface area contributed by atoms with Crippen molar-refractivity contribution in [2.45, 2.75) is 32.7 Å². The van der Waals surface area contributed by atoms with Crippen LogP contribution in [0.2, 0.25) is 5.15 Å². The van der Waals surface area contributed by atoms with Crippen LogP contribution in [0.4, 0.5) is 0 Å². The van der Waals surface area contributed by atoms with E-state index < -0.39 is 11.2 Å². The molecule has 0 radical (unpaired) electrons. The quantitative estimate of drug-likeness (QED) is 0.835. The number of hydrogen-bond acceptors (Lipinski definition) is 2. The maximum Gasteiger partial charge on any atom is 0.330 e. The predicted molar refractivity (Wildman–Crippen MR) is 89.1 cm³/mol. The molecule has 0 aliphatic heterocycles. The van der Waals surface area contributed by atoms with E-state index in [4.69, 9.17) is 11.6 Å². The van der Waals surface area contributed by atoms with Crippen molar-refractivity contribution in [3.05, 3.63) is 54.7 Å². The maximum absolute atomic E-state index is 12.8. The highest BCUT2D eigenvalue weighted by atomic mass is 79.9. The van der Waals surface area contributed by atoms with Gasteiger partial charge in [0.1, 0.15) is 5.15 Å². The molecule has 2 aromatic rings. The molecule has 0 unspecified atom stereocenters. The Bertz CT molecular complexity index is 793. The van der Waals surface area contributed by atoms with Crippen LogP contribution in [0.3, 0.4) is 0 Å². The van der Waals surface area contributed by atoms with Gasteiger partial charge in [-0.15, -0.1) is 0 Å². The molecule has 0 aliphatic carbocycles. The lowest BCUT2D eigenvalue weighted by Crippen LogP contribution is -2.46. The summed E-state index contributed by atoms with van der Waals surface area (Å²) < 4.78 is 2.07. The number of hydrogen-bond donors (Lipinski definition) is 1. The molecule has 0 aliphatic rings. The van der Waals surface area contributed by atoms with Crippen LogP contribution in [0.5, 0.6) is 0 Å². The molecule has 0 saturated heterocycles. The Hall–Kier alpha value is -1.33. The molecule has 4 nitrogen and oxygen atoms in total. The van der Waals surface area contributed by atoms with Gasteiger partial charge in [-0.2, -0.15) is 0 Å². The molecule has 0 amide bonds. The molecule has 0 spiro atoms. The van der Waals surface area contributed by atoms with Crippen molar-refractivity contribution < 1.29 is 0 Å². The van der Waals surface area contributed by atoms with Crippen LogP contribution in [0.15, 0.2) is 38.3 Å². The molecule has 0 saturated carbocycles. The first-order valence-corrected chi connectivity index (χ1v) is 7.76. The van der Waals surface area contributed by atoms with E-state index in [1.165, 1.54) is 4.57 Å². The molecule has 0 atom stereocenters. The molecule has 2 rings (SSSR count). The molecule has 112 valence electrons. The average Bonchev–Trinajstić information content (AvgIpc) is 2.37. The second-order valence-corrected chi connectivity index (χ2v) is 6.73. The molecule has 1 heterocycles. The van der Waals surface area contributed by atoms with E-state index in [0.717, 1.165) is 4.47 Å². The van der Waals surface area contributed by atoms with Gasteiger partial charge in [0.25, 0.3) is 5.56 Å². The first-order chi connectivity index (χ1) is 9.77. The lowest BCUT2D eigenvalue weighted by molar-refractivity contribution is 0.318. The topological polar surface area (TPSA) is 54.9 Å². The third-order valence-corrected chi connectivity index (χ3v) is 4.42. The molecule has 0 bridgehead atoms. The molecule has 1 aromatic carbocycles. The van der Waals surface area contributed by atoms with Crippen LogP contribution in [-0.2, 0) is 5.54 Å². The van der Waals surface area contributed by atoms with E-state index in [0.29, 0.717) is 17.5 Å². The van der Waals surface area contributed by atoms with Gasteiger partial charge in [0, 0.05) is 10.0 Å². The van der Waals surface area contributed by atoms with Gasteiger partial charge < -0.3 is 0 Å². The smallest absolute Gasteiger partial charge is 0.297 e. The zero-order chi connectivity index (χ0) is 15.8. The number of aromatic nitrogens is 2. The van der Waals surface area contributed by atoms with Crippen molar-refractivity contribution in [2.75, 3.05) is 0 Å². The van der Waals surface area contributed by atoms with Gasteiger partial charge in [0.2, 0.25) is 0 Å². The number of aromatic amines is 1. The van der Waals surface area contributed by atoms with E-state index in [1.54, 1.807) is 12.1 Å². The highest BCUT2D eigenvalue weighted by molar-refractivity contribution is 9.10. The summed E-state index contributed by atoms with van der Waals surface area (Å²) in [5, 5.41) is 0.0613. The Labute approximate surface area is 135 Å². The number of nitrogens with one attached hydrogen (secondary N) is 1. The van der Waals surface area contributed by atoms with E-state index >= 15 is 0 Å². The van der Waals surface area contributed by atoms with Gasteiger partial charge in [-0.3, -0.25) is 14.3 Å². The minimum atomic E-state index is -0.587. The maximum atomic E-state index is 12.8. The van der Waals surface area contributed by atoms with Crippen LogP contribution in [0, 0.1) is 0 Å². The number of benzene rings is 1. The van der Waals surface area contributed by atoms with E-state index in [1.807, 2.05) is 32.9 Å².